The van der Waals surface area contributed by atoms with Crippen LogP contribution in [0.2, 0.25) is 0 Å². The normalized spacial score (nSPS) is 20.0. The molecule has 2 N–H and O–H groups in total. The number of aromatic nitrogens is 1. The molecule has 0 amide bonds. The maximum absolute atomic E-state index is 13.9. The number of hydrogen-bond donors (Lipinski definition) is 2. The molecule has 0 spiro atoms. The third-order valence-corrected chi connectivity index (χ3v) is 6.74. The van der Waals surface area contributed by atoms with Crippen molar-refractivity contribution in [1.82, 2.24) is 4.98 Å². The number of Topliss-reactive ketones (excluding diaryl/α,β-unsaturated/α-hetero) is 1. The highest BCUT2D eigenvalue weighted by molar-refractivity contribution is 6.05. The Morgan fingerprint density at radius 2 is 1.84 bits per heavy atom. The van der Waals surface area contributed by atoms with Crippen molar-refractivity contribution in [2.75, 3.05) is 5.32 Å². The van der Waals surface area contributed by atoms with Gasteiger partial charge in [-0.15, -0.1) is 0 Å². The molecule has 2 heterocycles. The highest BCUT2D eigenvalue weighted by Crippen LogP contribution is 2.51. The van der Waals surface area contributed by atoms with Gasteiger partial charge in [0.05, 0.1) is 0 Å². The second kappa shape index (κ2) is 6.30. The number of fused-ring (bicyclic) bond motifs is 4. The lowest BCUT2D eigenvalue weighted by Crippen LogP contribution is -2.33. The molecular weight excluding hydrogens is 387 g/mol. The van der Waals surface area contributed by atoms with Gasteiger partial charge in [0.2, 0.25) is 0 Å². The van der Waals surface area contributed by atoms with Gasteiger partial charge in [0.15, 0.2) is 5.78 Å². The van der Waals surface area contributed by atoms with Crippen LogP contribution < -0.4 is 5.32 Å². The summed E-state index contributed by atoms with van der Waals surface area (Å²) in [7, 11) is 0. The van der Waals surface area contributed by atoms with Crippen LogP contribution in [0.4, 0.5) is 10.1 Å². The molecule has 0 radical (unpaired) electrons. The maximum Gasteiger partial charge on any atom is 0.162 e. The average Bonchev–Trinajstić information content (AvgIpc) is 3.13. The monoisotopic (exact) mass is 410 g/mol. The summed E-state index contributed by atoms with van der Waals surface area (Å²) in [5.41, 5.74) is 5.74. The minimum Gasteiger partial charge on any atom is -0.361 e. The van der Waals surface area contributed by atoms with Gasteiger partial charge in [-0.2, -0.15) is 0 Å². The van der Waals surface area contributed by atoms with E-state index < -0.39 is 0 Å². The summed E-state index contributed by atoms with van der Waals surface area (Å²) >= 11 is 0. The first-order valence-corrected chi connectivity index (χ1v) is 10.7. The second-order valence-corrected chi connectivity index (χ2v) is 9.57. The summed E-state index contributed by atoms with van der Waals surface area (Å²) in [6, 6.07) is 17.4. The van der Waals surface area contributed by atoms with Gasteiger partial charge in [0.1, 0.15) is 5.82 Å². The molecule has 0 fully saturated rings. The molecule has 0 saturated carbocycles. The van der Waals surface area contributed by atoms with E-state index >= 15 is 0 Å². The van der Waals surface area contributed by atoms with Gasteiger partial charge >= 0.3 is 0 Å². The number of allylic oxidation sites excluding steroid dienone is 2. The van der Waals surface area contributed by atoms with Gasteiger partial charge in [-0.05, 0) is 58.0 Å². The molecule has 154 valence electrons. The van der Waals surface area contributed by atoms with E-state index in [1.165, 1.54) is 12.1 Å². The van der Waals surface area contributed by atoms with Crippen LogP contribution in [0.1, 0.15) is 43.7 Å². The first-order valence-electron chi connectivity index (χ1n) is 10.7. The molecule has 6 rings (SSSR count). The second-order valence-electron chi connectivity index (χ2n) is 9.57. The molecule has 1 unspecified atom stereocenters. The van der Waals surface area contributed by atoms with Crippen LogP contribution in [-0.2, 0) is 4.79 Å². The number of H-pyrrole nitrogens is 1. The lowest BCUT2D eigenvalue weighted by Gasteiger charge is -2.39. The number of rotatable bonds is 1. The summed E-state index contributed by atoms with van der Waals surface area (Å²) in [5.74, 6) is -0.272. The van der Waals surface area contributed by atoms with E-state index in [0.717, 1.165) is 56.2 Å². The zero-order valence-electron chi connectivity index (χ0n) is 17.6. The van der Waals surface area contributed by atoms with Crippen molar-refractivity contribution in [3.63, 3.8) is 0 Å². The van der Waals surface area contributed by atoms with Crippen LogP contribution in [0.25, 0.3) is 21.7 Å². The number of halogens is 1. The molecule has 1 aromatic heterocycles. The van der Waals surface area contributed by atoms with Gasteiger partial charge in [-0.25, -0.2) is 4.39 Å². The number of carbonyl (C=O) groups is 1. The Hall–Kier alpha value is -3.40. The predicted octanol–water partition coefficient (Wildman–Crippen LogP) is 6.66. The zero-order chi connectivity index (χ0) is 21.3. The Morgan fingerprint density at radius 3 is 2.71 bits per heavy atom. The van der Waals surface area contributed by atoms with Crippen molar-refractivity contribution < 1.29 is 9.18 Å². The van der Waals surface area contributed by atoms with Crippen LogP contribution in [-0.4, -0.2) is 10.8 Å². The van der Waals surface area contributed by atoms with Crippen molar-refractivity contribution in [3.8, 4) is 0 Å². The average molecular weight is 410 g/mol. The number of aromatic amines is 1. The smallest absolute Gasteiger partial charge is 0.162 e. The Balaban J connectivity index is 1.69. The number of nitrogens with one attached hydrogen (secondary N) is 2. The molecule has 2 aliphatic rings. The summed E-state index contributed by atoms with van der Waals surface area (Å²) < 4.78 is 13.9. The molecule has 0 bridgehead atoms. The lowest BCUT2D eigenvalue weighted by atomic mass is 9.68. The zero-order valence-corrected chi connectivity index (χ0v) is 17.6. The van der Waals surface area contributed by atoms with E-state index in [1.807, 2.05) is 24.4 Å². The summed E-state index contributed by atoms with van der Waals surface area (Å²) in [6.07, 6.45) is 3.30. The van der Waals surface area contributed by atoms with Crippen LogP contribution in [0.5, 0.6) is 0 Å². The van der Waals surface area contributed by atoms with Gasteiger partial charge in [0, 0.05) is 46.4 Å². The van der Waals surface area contributed by atoms with Gasteiger partial charge in [0.25, 0.3) is 0 Å². The SMILES string of the molecule is CC1(C)CC(=O)C2=C(C1)Nc1ccc3ccccc3c1C2c1c[nH]c2cc(F)ccc12. The Morgan fingerprint density at radius 1 is 1.00 bits per heavy atom. The maximum atomic E-state index is 13.9. The number of benzene rings is 3. The highest BCUT2D eigenvalue weighted by atomic mass is 19.1. The van der Waals surface area contributed by atoms with E-state index in [-0.39, 0.29) is 22.9 Å². The fraction of sp³-hybridized carbons (Fsp3) is 0.222. The third-order valence-electron chi connectivity index (χ3n) is 6.74. The molecule has 3 nitrogen and oxygen atoms in total. The van der Waals surface area contributed by atoms with Crippen LogP contribution in [0.15, 0.2) is 72.1 Å². The van der Waals surface area contributed by atoms with Crippen LogP contribution >= 0.6 is 0 Å². The molecule has 1 atom stereocenters. The van der Waals surface area contributed by atoms with E-state index in [1.54, 1.807) is 0 Å². The number of ketones is 1. The summed E-state index contributed by atoms with van der Waals surface area (Å²) in [5, 5.41) is 6.85. The Kier molecular flexibility index (Phi) is 3.73. The first kappa shape index (κ1) is 18.4. The molecule has 1 aliphatic carbocycles. The molecule has 31 heavy (non-hydrogen) atoms. The quantitative estimate of drug-likeness (QED) is 0.368. The van der Waals surface area contributed by atoms with Crippen molar-refractivity contribution in [2.45, 2.75) is 32.6 Å². The largest absolute Gasteiger partial charge is 0.361 e. The standard InChI is InChI=1S/C27H23FN2O/c1-27(2)12-22-26(23(31)13-27)25(19-14-29-21-11-16(28)8-9-18(19)21)24-17-6-4-3-5-15(17)7-10-20(24)30-22/h3-11,14,25,29-30H,12-13H2,1-2H3. The van der Waals surface area contributed by atoms with E-state index in [4.69, 9.17) is 0 Å². The van der Waals surface area contributed by atoms with Gasteiger partial charge < -0.3 is 10.3 Å². The topological polar surface area (TPSA) is 44.9 Å². The number of carbonyl (C=O) groups excluding carboxylic acids is 1. The number of hydrogen-bond acceptors (Lipinski definition) is 2. The summed E-state index contributed by atoms with van der Waals surface area (Å²) in [6.45, 7) is 4.30. The van der Waals surface area contributed by atoms with Crippen molar-refractivity contribution in [1.29, 1.82) is 0 Å². The third kappa shape index (κ3) is 2.74. The molecule has 4 aromatic rings. The fourth-order valence-corrected chi connectivity index (χ4v) is 5.47. The predicted molar refractivity (Wildman–Crippen MR) is 123 cm³/mol. The van der Waals surface area contributed by atoms with Crippen molar-refractivity contribution in [3.05, 3.63) is 89.0 Å². The first-order chi connectivity index (χ1) is 14.9. The van der Waals surface area contributed by atoms with E-state index in [9.17, 15) is 9.18 Å². The lowest BCUT2D eigenvalue weighted by molar-refractivity contribution is -0.118. The fourth-order valence-electron chi connectivity index (χ4n) is 5.47. The Bertz CT molecular complexity index is 1430. The highest BCUT2D eigenvalue weighted by Gasteiger charge is 2.41. The van der Waals surface area contributed by atoms with E-state index in [2.05, 4.69) is 48.4 Å². The minimum atomic E-state index is -0.271. The molecule has 0 saturated heterocycles. The van der Waals surface area contributed by atoms with Gasteiger partial charge in [-0.3, -0.25) is 4.79 Å². The van der Waals surface area contributed by atoms with Crippen LogP contribution in [0.3, 0.4) is 0 Å². The molecule has 4 heteroatoms. The number of anilines is 1. The molecular formula is C27H23FN2O. The van der Waals surface area contributed by atoms with E-state index in [0.29, 0.717) is 6.42 Å². The van der Waals surface area contributed by atoms with Crippen molar-refractivity contribution >= 4 is 33.1 Å². The summed E-state index contributed by atoms with van der Waals surface area (Å²) in [4.78, 5) is 16.8. The van der Waals surface area contributed by atoms with Crippen LogP contribution in [0, 0.1) is 11.2 Å². The van der Waals surface area contributed by atoms with Crippen molar-refractivity contribution in [2.24, 2.45) is 5.41 Å². The molecule has 1 aliphatic heterocycles. The minimum absolute atomic E-state index is 0.0782. The van der Waals surface area contributed by atoms with Gasteiger partial charge in [-0.1, -0.05) is 44.2 Å². The molecule has 3 aromatic carbocycles. The Labute approximate surface area is 180 Å².